The molecule has 0 N–H and O–H groups in total. The van der Waals surface area contributed by atoms with Gasteiger partial charge in [0.2, 0.25) is 0 Å². The van der Waals surface area contributed by atoms with Gasteiger partial charge in [0.15, 0.2) is 11.5 Å². The highest BCUT2D eigenvalue weighted by molar-refractivity contribution is 6.71. The number of aliphatic imine (C=N–C) groups is 4. The molecule has 60 valence electrons. The molecule has 0 radical (unpaired) electrons. The summed E-state index contributed by atoms with van der Waals surface area (Å²) >= 11 is 0. The third-order valence-electron chi connectivity index (χ3n) is 1.49. The van der Waals surface area contributed by atoms with Gasteiger partial charge in [-0.05, 0) is 13.8 Å². The predicted octanol–water partition coefficient (Wildman–Crippen LogP) is 0.217. The average molecular weight is 162 g/mol. The Morgan fingerprint density at radius 2 is 1.58 bits per heavy atom. The smallest absolute Gasteiger partial charge is 0.265 e. The highest BCUT2D eigenvalue weighted by atomic mass is 16.1. The van der Waals surface area contributed by atoms with Crippen LogP contribution in [0.15, 0.2) is 20.0 Å². The van der Waals surface area contributed by atoms with Crippen LogP contribution in [0.4, 0.5) is 0 Å². The number of nitrogens with zero attached hydrogens (tertiary/aromatic N) is 4. The number of carbonyl (C=O) groups excluding carboxylic acids is 1. The first-order valence-corrected chi connectivity index (χ1v) is 3.49. The van der Waals surface area contributed by atoms with Crippen LogP contribution < -0.4 is 0 Å². The number of hydrogen-bond acceptors (Lipinski definition) is 4. The summed E-state index contributed by atoms with van der Waals surface area (Å²) in [7, 11) is 0. The number of rotatable bonds is 0. The highest BCUT2D eigenvalue weighted by Crippen LogP contribution is 2.07. The fourth-order valence-corrected chi connectivity index (χ4v) is 1.04. The van der Waals surface area contributed by atoms with Crippen molar-refractivity contribution >= 4 is 29.1 Å². The van der Waals surface area contributed by atoms with Crippen molar-refractivity contribution in [2.75, 3.05) is 0 Å². The molecule has 0 saturated heterocycles. The minimum absolute atomic E-state index is 0.262. The molecule has 2 aliphatic rings. The quantitative estimate of drug-likeness (QED) is 0.502. The van der Waals surface area contributed by atoms with Gasteiger partial charge in [0.1, 0.15) is 11.7 Å². The molecule has 0 unspecified atom stereocenters. The number of carbonyl (C=O) groups is 1. The van der Waals surface area contributed by atoms with E-state index in [1.807, 2.05) is 0 Å². The van der Waals surface area contributed by atoms with Crippen LogP contribution >= 0.6 is 0 Å². The molecule has 0 aromatic carbocycles. The summed E-state index contributed by atoms with van der Waals surface area (Å²) in [5.41, 5.74) is 0.262. The van der Waals surface area contributed by atoms with Crippen LogP contribution in [0.2, 0.25) is 0 Å². The molecule has 0 bridgehead atoms. The molecule has 1 amide bonds. The zero-order chi connectivity index (χ0) is 8.72. The molecule has 0 aromatic heterocycles. The Hall–Kier alpha value is -1.65. The van der Waals surface area contributed by atoms with Gasteiger partial charge < -0.3 is 0 Å². The first kappa shape index (κ1) is 7.02. The third kappa shape index (κ3) is 0.903. The van der Waals surface area contributed by atoms with Gasteiger partial charge in [0, 0.05) is 0 Å². The van der Waals surface area contributed by atoms with E-state index in [0.717, 1.165) is 0 Å². The van der Waals surface area contributed by atoms with E-state index in [-0.39, 0.29) is 11.6 Å². The normalized spacial score (nSPS) is 21.0. The van der Waals surface area contributed by atoms with Crippen molar-refractivity contribution in [2.45, 2.75) is 13.8 Å². The minimum atomic E-state index is -0.349. The number of amides is 1. The fourth-order valence-electron chi connectivity index (χ4n) is 1.04. The molecule has 0 fully saturated rings. The topological polar surface area (TPSA) is 66.5 Å². The second-order valence-electron chi connectivity index (χ2n) is 2.52. The first-order chi connectivity index (χ1) is 5.66. The van der Waals surface area contributed by atoms with Gasteiger partial charge in [-0.25, -0.2) is 15.0 Å². The lowest BCUT2D eigenvalue weighted by molar-refractivity contribution is -0.111. The number of amidine groups is 3. The maximum absolute atomic E-state index is 11.2. The summed E-state index contributed by atoms with van der Waals surface area (Å²) in [5, 5.41) is 0. The second kappa shape index (κ2) is 2.17. The largest absolute Gasteiger partial charge is 0.301 e. The predicted molar refractivity (Wildman–Crippen MR) is 46.1 cm³/mol. The maximum Gasteiger partial charge on any atom is 0.301 e. The van der Waals surface area contributed by atoms with Crippen LogP contribution in [0.3, 0.4) is 0 Å². The van der Waals surface area contributed by atoms with Crippen LogP contribution in [-0.2, 0) is 4.79 Å². The van der Waals surface area contributed by atoms with Crippen molar-refractivity contribution in [3.63, 3.8) is 0 Å². The average Bonchev–Trinajstić information content (AvgIpc) is 2.29. The van der Waals surface area contributed by atoms with Crippen LogP contribution in [-0.4, -0.2) is 29.1 Å². The highest BCUT2D eigenvalue weighted by Gasteiger charge is 2.26. The molecule has 2 aliphatic heterocycles. The van der Waals surface area contributed by atoms with Gasteiger partial charge in [-0.15, -0.1) is 0 Å². The van der Waals surface area contributed by atoms with Crippen LogP contribution in [0.25, 0.3) is 0 Å². The summed E-state index contributed by atoms with van der Waals surface area (Å²) in [4.78, 5) is 26.7. The monoisotopic (exact) mass is 162 g/mol. The Balaban J connectivity index is 2.54. The van der Waals surface area contributed by atoms with Crippen LogP contribution in [0.5, 0.6) is 0 Å². The zero-order valence-electron chi connectivity index (χ0n) is 6.70. The van der Waals surface area contributed by atoms with Gasteiger partial charge in [0.25, 0.3) is 0 Å². The van der Waals surface area contributed by atoms with E-state index in [4.69, 9.17) is 0 Å². The fraction of sp³-hybridized carbons (Fsp3) is 0.286. The van der Waals surface area contributed by atoms with Crippen molar-refractivity contribution < 1.29 is 4.79 Å². The van der Waals surface area contributed by atoms with Crippen molar-refractivity contribution in [3.05, 3.63) is 0 Å². The maximum atomic E-state index is 11.2. The van der Waals surface area contributed by atoms with Crippen molar-refractivity contribution in [1.29, 1.82) is 0 Å². The molecule has 0 saturated carbocycles. The molecule has 0 aromatic rings. The van der Waals surface area contributed by atoms with E-state index in [0.29, 0.717) is 17.5 Å². The minimum Gasteiger partial charge on any atom is -0.265 e. The molecule has 5 heteroatoms. The van der Waals surface area contributed by atoms with E-state index in [1.165, 1.54) is 0 Å². The summed E-state index contributed by atoms with van der Waals surface area (Å²) in [6.07, 6.45) is 0. The van der Waals surface area contributed by atoms with Crippen molar-refractivity contribution in [2.24, 2.45) is 20.0 Å². The molecule has 12 heavy (non-hydrogen) atoms. The molecular formula is C7H6N4O. The zero-order valence-corrected chi connectivity index (χ0v) is 6.70. The van der Waals surface area contributed by atoms with E-state index in [9.17, 15) is 4.79 Å². The Morgan fingerprint density at radius 3 is 2.33 bits per heavy atom. The molecule has 0 atom stereocenters. The molecular weight excluding hydrogens is 156 g/mol. The van der Waals surface area contributed by atoms with Gasteiger partial charge >= 0.3 is 5.91 Å². The molecule has 0 aliphatic carbocycles. The number of fused-ring (bicyclic) bond motifs is 1. The molecule has 0 spiro atoms. The van der Waals surface area contributed by atoms with Crippen LogP contribution in [0.1, 0.15) is 13.8 Å². The van der Waals surface area contributed by atoms with Crippen molar-refractivity contribution in [3.8, 4) is 0 Å². The molecule has 2 heterocycles. The lowest BCUT2D eigenvalue weighted by Gasteiger charge is -2.01. The van der Waals surface area contributed by atoms with Gasteiger partial charge in [0.05, 0.1) is 0 Å². The Kier molecular flexibility index (Phi) is 1.27. The standard InChI is InChI=1S/C7H6N4O/c1-3-8-5-6(9-3)10-4(2)11-7(5)12/h1-2H3. The number of hydrogen-bond donors (Lipinski definition) is 0. The summed E-state index contributed by atoms with van der Waals surface area (Å²) < 4.78 is 0. The van der Waals surface area contributed by atoms with E-state index in [1.54, 1.807) is 13.8 Å². The molecule has 5 nitrogen and oxygen atoms in total. The van der Waals surface area contributed by atoms with Crippen LogP contribution in [0, 0.1) is 0 Å². The van der Waals surface area contributed by atoms with Crippen molar-refractivity contribution in [1.82, 2.24) is 0 Å². The summed E-state index contributed by atoms with van der Waals surface area (Å²) in [5.74, 6) is 1.04. The van der Waals surface area contributed by atoms with E-state index < -0.39 is 0 Å². The lowest BCUT2D eigenvalue weighted by Crippen LogP contribution is -2.24. The first-order valence-electron chi connectivity index (χ1n) is 3.49. The Labute approximate surface area is 68.7 Å². The van der Waals surface area contributed by atoms with Gasteiger partial charge in [-0.1, -0.05) is 0 Å². The SMILES string of the molecule is CC1=NC(=O)C2=NC(C)=NC2=N1. The Bertz CT molecular complexity index is 386. The summed E-state index contributed by atoms with van der Waals surface area (Å²) in [6, 6.07) is 0. The Morgan fingerprint density at radius 1 is 0.917 bits per heavy atom. The van der Waals surface area contributed by atoms with E-state index >= 15 is 0 Å². The molecule has 2 rings (SSSR count). The second-order valence-corrected chi connectivity index (χ2v) is 2.52. The summed E-state index contributed by atoms with van der Waals surface area (Å²) in [6.45, 7) is 3.38. The van der Waals surface area contributed by atoms with Gasteiger partial charge in [-0.2, -0.15) is 4.99 Å². The lowest BCUT2D eigenvalue weighted by atomic mass is 10.3. The van der Waals surface area contributed by atoms with Gasteiger partial charge in [-0.3, -0.25) is 4.79 Å². The third-order valence-corrected chi connectivity index (χ3v) is 1.49. The van der Waals surface area contributed by atoms with E-state index in [2.05, 4.69) is 20.0 Å².